The smallest absolute Gasteiger partial charge is 0.150 e. The van der Waals surface area contributed by atoms with Gasteiger partial charge in [-0.3, -0.25) is 0 Å². The van der Waals surface area contributed by atoms with Crippen LogP contribution in [0.25, 0.3) is 5.70 Å². The van der Waals surface area contributed by atoms with Crippen LogP contribution < -0.4 is 5.32 Å². The number of halogens is 3. The summed E-state index contributed by atoms with van der Waals surface area (Å²) in [6.07, 6.45) is 0.479. The van der Waals surface area contributed by atoms with Gasteiger partial charge in [-0.05, 0) is 38.0 Å². The molecule has 1 heterocycles. The van der Waals surface area contributed by atoms with E-state index in [9.17, 15) is 8.78 Å². The predicted molar refractivity (Wildman–Crippen MR) is 116 cm³/mol. The molecule has 0 fully saturated rings. The average molecular weight is 416 g/mol. The quantitative estimate of drug-likeness (QED) is 0.642. The second-order valence-electron chi connectivity index (χ2n) is 7.07. The molecular formula is C23H24ClF2N3. The Morgan fingerprint density at radius 3 is 2.59 bits per heavy atom. The molecule has 0 amide bonds. The van der Waals surface area contributed by atoms with Gasteiger partial charge in [0.15, 0.2) is 0 Å². The number of allylic oxidation sites excluding steroid dienone is 1. The van der Waals surface area contributed by atoms with Crippen molar-refractivity contribution < 1.29 is 8.78 Å². The molecule has 0 saturated carbocycles. The van der Waals surface area contributed by atoms with Crippen molar-refractivity contribution in [3.05, 3.63) is 87.6 Å². The molecule has 0 saturated heterocycles. The maximum Gasteiger partial charge on any atom is 0.150 e. The number of amidine groups is 1. The summed E-state index contributed by atoms with van der Waals surface area (Å²) in [5, 5.41) is 3.81. The Bertz CT molecular complexity index is 1030. The van der Waals surface area contributed by atoms with E-state index >= 15 is 0 Å². The van der Waals surface area contributed by atoms with Gasteiger partial charge in [0.25, 0.3) is 0 Å². The third kappa shape index (κ3) is 4.06. The first kappa shape index (κ1) is 21.1. The van der Waals surface area contributed by atoms with E-state index in [0.717, 1.165) is 29.3 Å². The number of nitrogens with zero attached hydrogens (tertiary/aromatic N) is 2. The van der Waals surface area contributed by atoms with Gasteiger partial charge in [-0.1, -0.05) is 43.3 Å². The summed E-state index contributed by atoms with van der Waals surface area (Å²) >= 11 is 6.42. The molecular weight excluding hydrogens is 392 g/mol. The summed E-state index contributed by atoms with van der Waals surface area (Å²) in [5.41, 5.74) is 4.03. The first-order valence-electron chi connectivity index (χ1n) is 9.41. The highest BCUT2D eigenvalue weighted by atomic mass is 35.5. The van der Waals surface area contributed by atoms with Crippen molar-refractivity contribution >= 4 is 23.1 Å². The van der Waals surface area contributed by atoms with Gasteiger partial charge in [-0.15, -0.1) is 0 Å². The monoisotopic (exact) mass is 415 g/mol. The standard InChI is InChI=1S/C23H24ClF2N3/c1-6-21-14(3)22(27-15(4)18-11-16(25)12-20(26)13(18)2)28-23(29(21)5)17-9-7-8-10-19(17)24/h7-12,23H,4,6H2,1-3,5H3,(H,27,28). The largest absolute Gasteiger partial charge is 0.352 e. The van der Waals surface area contributed by atoms with E-state index < -0.39 is 11.6 Å². The Morgan fingerprint density at radius 2 is 1.93 bits per heavy atom. The van der Waals surface area contributed by atoms with Crippen LogP contribution in [0.4, 0.5) is 8.78 Å². The van der Waals surface area contributed by atoms with Crippen LogP contribution in [0.1, 0.15) is 43.1 Å². The fourth-order valence-corrected chi connectivity index (χ4v) is 3.86. The molecule has 152 valence electrons. The summed E-state index contributed by atoms with van der Waals surface area (Å²) in [5.74, 6) is -0.644. The number of nitrogens with one attached hydrogen (secondary N) is 1. The van der Waals surface area contributed by atoms with Crippen LogP contribution >= 0.6 is 11.6 Å². The lowest BCUT2D eigenvalue weighted by atomic mass is 10.0. The fourth-order valence-electron chi connectivity index (χ4n) is 3.63. The third-order valence-corrected chi connectivity index (χ3v) is 5.60. The van der Waals surface area contributed by atoms with Crippen molar-refractivity contribution in [1.29, 1.82) is 0 Å². The van der Waals surface area contributed by atoms with Crippen LogP contribution in [0.15, 0.2) is 59.2 Å². The molecule has 2 aromatic carbocycles. The molecule has 0 aromatic heterocycles. The van der Waals surface area contributed by atoms with E-state index in [1.165, 1.54) is 6.07 Å². The second-order valence-corrected chi connectivity index (χ2v) is 7.48. The minimum atomic E-state index is -0.646. The third-order valence-electron chi connectivity index (χ3n) is 5.25. The lowest BCUT2D eigenvalue weighted by molar-refractivity contribution is 0.301. The molecule has 1 atom stereocenters. The number of aliphatic imine (C=N–C) groups is 1. The molecule has 3 rings (SSSR count). The second kappa shape index (κ2) is 8.37. The minimum Gasteiger partial charge on any atom is -0.352 e. The normalized spacial score (nSPS) is 16.7. The SMILES string of the molecule is C=C(NC1=NC(c2ccccc2Cl)N(C)C(CC)=C1C)c1cc(F)cc(F)c1C. The Kier molecular flexibility index (Phi) is 6.08. The number of hydrogen-bond acceptors (Lipinski definition) is 3. The zero-order valence-corrected chi connectivity index (χ0v) is 17.7. The van der Waals surface area contributed by atoms with E-state index in [4.69, 9.17) is 16.6 Å². The van der Waals surface area contributed by atoms with Gasteiger partial charge >= 0.3 is 0 Å². The van der Waals surface area contributed by atoms with Crippen LogP contribution in [-0.4, -0.2) is 17.8 Å². The molecule has 1 N–H and O–H groups in total. The number of benzene rings is 2. The van der Waals surface area contributed by atoms with Crippen LogP contribution in [0.2, 0.25) is 5.02 Å². The zero-order chi connectivity index (χ0) is 21.3. The van der Waals surface area contributed by atoms with Crippen molar-refractivity contribution in [2.45, 2.75) is 33.4 Å². The number of hydrogen-bond donors (Lipinski definition) is 1. The fraction of sp³-hybridized carbons (Fsp3) is 0.261. The van der Waals surface area contributed by atoms with Crippen LogP contribution in [0.5, 0.6) is 0 Å². The Morgan fingerprint density at radius 1 is 1.24 bits per heavy atom. The summed E-state index contributed by atoms with van der Waals surface area (Å²) in [4.78, 5) is 6.95. The van der Waals surface area contributed by atoms with E-state index in [1.54, 1.807) is 6.92 Å². The van der Waals surface area contributed by atoms with E-state index in [1.807, 2.05) is 38.2 Å². The summed E-state index contributed by atoms with van der Waals surface area (Å²) in [6, 6.07) is 9.72. The Balaban J connectivity index is 2.02. The predicted octanol–water partition coefficient (Wildman–Crippen LogP) is 6.21. The van der Waals surface area contributed by atoms with Crippen molar-refractivity contribution in [3.8, 4) is 0 Å². The first-order chi connectivity index (χ1) is 13.7. The molecule has 1 unspecified atom stereocenters. The Hall–Kier alpha value is -2.66. The average Bonchev–Trinajstić information content (AvgIpc) is 2.68. The maximum absolute atomic E-state index is 14.0. The van der Waals surface area contributed by atoms with Gasteiger partial charge < -0.3 is 10.2 Å². The van der Waals surface area contributed by atoms with Crippen molar-refractivity contribution in [2.24, 2.45) is 4.99 Å². The molecule has 29 heavy (non-hydrogen) atoms. The number of rotatable bonds is 4. The summed E-state index contributed by atoms with van der Waals surface area (Å²) in [7, 11) is 1.98. The van der Waals surface area contributed by atoms with Crippen LogP contribution in [0, 0.1) is 18.6 Å². The van der Waals surface area contributed by atoms with Gasteiger partial charge in [-0.2, -0.15) is 0 Å². The highest BCUT2D eigenvalue weighted by molar-refractivity contribution is 6.31. The minimum absolute atomic E-state index is 0.317. The summed E-state index contributed by atoms with van der Waals surface area (Å²) in [6.45, 7) is 9.63. The Labute approximate surface area is 175 Å². The molecule has 1 aliphatic heterocycles. The van der Waals surface area contributed by atoms with Gasteiger partial charge in [0.05, 0.1) is 0 Å². The molecule has 0 radical (unpaired) electrons. The maximum atomic E-state index is 14.0. The van der Waals surface area contributed by atoms with Gasteiger partial charge in [0.2, 0.25) is 0 Å². The summed E-state index contributed by atoms with van der Waals surface area (Å²) < 4.78 is 27.7. The van der Waals surface area contributed by atoms with Gasteiger partial charge in [0, 0.05) is 46.2 Å². The molecule has 0 bridgehead atoms. The molecule has 3 nitrogen and oxygen atoms in total. The van der Waals surface area contributed by atoms with Gasteiger partial charge in [-0.25, -0.2) is 13.8 Å². The van der Waals surface area contributed by atoms with Crippen LogP contribution in [-0.2, 0) is 0 Å². The highest BCUT2D eigenvalue weighted by Crippen LogP contribution is 2.35. The van der Waals surface area contributed by atoms with Crippen molar-refractivity contribution in [1.82, 2.24) is 10.2 Å². The van der Waals surface area contributed by atoms with E-state index in [-0.39, 0.29) is 6.17 Å². The van der Waals surface area contributed by atoms with E-state index in [0.29, 0.717) is 27.7 Å². The topological polar surface area (TPSA) is 27.6 Å². The van der Waals surface area contributed by atoms with Crippen molar-refractivity contribution in [2.75, 3.05) is 7.05 Å². The van der Waals surface area contributed by atoms with Crippen molar-refractivity contribution in [3.63, 3.8) is 0 Å². The van der Waals surface area contributed by atoms with Crippen LogP contribution in [0.3, 0.4) is 0 Å². The molecule has 0 spiro atoms. The van der Waals surface area contributed by atoms with E-state index in [2.05, 4.69) is 23.7 Å². The molecule has 1 aliphatic rings. The lowest BCUT2D eigenvalue weighted by Gasteiger charge is -2.36. The van der Waals surface area contributed by atoms with Gasteiger partial charge in [0.1, 0.15) is 23.6 Å². The zero-order valence-electron chi connectivity index (χ0n) is 17.0. The molecule has 0 aliphatic carbocycles. The molecule has 6 heteroatoms. The lowest BCUT2D eigenvalue weighted by Crippen LogP contribution is -2.35. The highest BCUT2D eigenvalue weighted by Gasteiger charge is 2.28. The first-order valence-corrected chi connectivity index (χ1v) is 9.79. The molecule has 2 aromatic rings.